The van der Waals surface area contributed by atoms with Gasteiger partial charge in [0.1, 0.15) is 5.75 Å². The topological polar surface area (TPSA) is 24.5 Å². The van der Waals surface area contributed by atoms with Gasteiger partial charge in [0, 0.05) is 16.6 Å². The summed E-state index contributed by atoms with van der Waals surface area (Å²) in [5, 5.41) is 3.51. The van der Waals surface area contributed by atoms with E-state index in [4.69, 9.17) is 4.74 Å². The van der Waals surface area contributed by atoms with E-state index in [1.165, 1.54) is 12.0 Å². The van der Waals surface area contributed by atoms with Crippen LogP contribution < -0.4 is 10.1 Å². The third-order valence-corrected chi connectivity index (χ3v) is 4.46. The second kappa shape index (κ2) is 14.8. The van der Waals surface area contributed by atoms with E-state index in [2.05, 4.69) is 62.0 Å². The summed E-state index contributed by atoms with van der Waals surface area (Å²) in [7, 11) is 0. The highest BCUT2D eigenvalue weighted by Crippen LogP contribution is 2.32. The molecule has 0 unspecified atom stereocenters. The lowest BCUT2D eigenvalue weighted by molar-refractivity contribution is 0.297. The van der Waals surface area contributed by atoms with Crippen LogP contribution >= 0.6 is 56.7 Å². The van der Waals surface area contributed by atoms with Gasteiger partial charge in [0.2, 0.25) is 0 Å². The molecule has 0 aromatic heterocycles. The summed E-state index contributed by atoms with van der Waals surface area (Å²) in [6.07, 6.45) is 1.17. The maximum Gasteiger partial charge on any atom is 0.138 e. The first-order chi connectivity index (χ1) is 10.1. The molecule has 0 heterocycles. The SMILES string of the molecule is CCOc1c(Br)cc(Br)cc1CNCCCN(CC)CC.Cl.Cl. The van der Waals surface area contributed by atoms with Crippen LogP contribution in [0.2, 0.25) is 0 Å². The highest BCUT2D eigenvalue weighted by Gasteiger charge is 2.09. The van der Waals surface area contributed by atoms with Gasteiger partial charge in [-0.15, -0.1) is 24.8 Å². The molecule has 0 radical (unpaired) electrons. The molecule has 0 saturated heterocycles. The van der Waals surface area contributed by atoms with E-state index in [1.54, 1.807) is 0 Å². The molecule has 0 aliphatic heterocycles. The number of nitrogens with zero attached hydrogens (tertiary/aromatic N) is 1. The predicted molar refractivity (Wildman–Crippen MR) is 112 cm³/mol. The highest BCUT2D eigenvalue weighted by molar-refractivity contribution is 9.11. The Kier molecular flexibility index (Phi) is 16.5. The van der Waals surface area contributed by atoms with Crippen LogP contribution in [0.5, 0.6) is 5.75 Å². The summed E-state index contributed by atoms with van der Waals surface area (Å²) in [4.78, 5) is 2.45. The lowest BCUT2D eigenvalue weighted by atomic mass is 10.2. The standard InChI is InChI=1S/C16H26Br2N2O.2ClH/c1-4-20(5-2)9-7-8-19-12-13-10-14(17)11-15(18)16(13)21-6-3;;/h10-11,19H,4-9,12H2,1-3H3;2*1H. The number of ether oxygens (including phenoxy) is 1. The van der Waals surface area contributed by atoms with E-state index in [1.807, 2.05) is 13.0 Å². The van der Waals surface area contributed by atoms with Crippen LogP contribution in [0.3, 0.4) is 0 Å². The zero-order valence-electron chi connectivity index (χ0n) is 14.0. The lowest BCUT2D eigenvalue weighted by Gasteiger charge is -2.18. The van der Waals surface area contributed by atoms with Crippen LogP contribution in [0.15, 0.2) is 21.1 Å². The fourth-order valence-corrected chi connectivity index (χ4v) is 3.67. The summed E-state index contributed by atoms with van der Waals surface area (Å²) < 4.78 is 7.80. The van der Waals surface area contributed by atoms with Gasteiger partial charge in [-0.2, -0.15) is 0 Å². The van der Waals surface area contributed by atoms with Gasteiger partial charge < -0.3 is 15.0 Å². The van der Waals surface area contributed by atoms with E-state index >= 15 is 0 Å². The van der Waals surface area contributed by atoms with Crippen molar-refractivity contribution in [3.8, 4) is 5.75 Å². The molecule has 7 heteroatoms. The van der Waals surface area contributed by atoms with Gasteiger partial charge in [-0.3, -0.25) is 0 Å². The fraction of sp³-hybridized carbons (Fsp3) is 0.625. The molecule has 1 N–H and O–H groups in total. The third kappa shape index (κ3) is 9.51. The average Bonchev–Trinajstić information content (AvgIpc) is 2.46. The maximum absolute atomic E-state index is 5.74. The second-order valence-corrected chi connectivity index (χ2v) is 6.64. The molecular formula is C16H28Br2Cl2N2O. The molecule has 0 bridgehead atoms. The molecule has 1 rings (SSSR count). The van der Waals surface area contributed by atoms with Gasteiger partial charge in [0.15, 0.2) is 0 Å². The number of hydrogen-bond donors (Lipinski definition) is 1. The zero-order valence-corrected chi connectivity index (χ0v) is 18.8. The van der Waals surface area contributed by atoms with E-state index < -0.39 is 0 Å². The van der Waals surface area contributed by atoms with Crippen LogP contribution in [0.1, 0.15) is 32.8 Å². The van der Waals surface area contributed by atoms with Gasteiger partial charge >= 0.3 is 0 Å². The van der Waals surface area contributed by atoms with E-state index in [9.17, 15) is 0 Å². The smallest absolute Gasteiger partial charge is 0.138 e. The molecule has 0 atom stereocenters. The molecule has 0 spiro atoms. The monoisotopic (exact) mass is 492 g/mol. The van der Waals surface area contributed by atoms with Crippen LogP contribution in [-0.4, -0.2) is 37.7 Å². The first-order valence-electron chi connectivity index (χ1n) is 7.66. The Morgan fingerprint density at radius 1 is 1.09 bits per heavy atom. The third-order valence-electron chi connectivity index (χ3n) is 3.41. The predicted octanol–water partition coefficient (Wildman–Crippen LogP) is 5.28. The van der Waals surface area contributed by atoms with Crippen LogP contribution in [-0.2, 0) is 6.54 Å². The first-order valence-corrected chi connectivity index (χ1v) is 9.24. The van der Waals surface area contributed by atoms with Crippen molar-refractivity contribution < 1.29 is 4.74 Å². The quantitative estimate of drug-likeness (QED) is 0.448. The molecule has 1 aromatic rings. The molecule has 1 aromatic carbocycles. The Bertz CT molecular complexity index is 433. The summed E-state index contributed by atoms with van der Waals surface area (Å²) >= 11 is 7.11. The Labute approximate surface area is 170 Å². The number of nitrogens with one attached hydrogen (secondary N) is 1. The Hall–Kier alpha value is 0.480. The molecule has 3 nitrogen and oxygen atoms in total. The molecule has 0 aliphatic rings. The number of benzene rings is 1. The maximum atomic E-state index is 5.74. The van der Waals surface area contributed by atoms with Crippen LogP contribution in [0.4, 0.5) is 0 Å². The minimum atomic E-state index is 0. The molecule has 0 aliphatic carbocycles. The summed E-state index contributed by atoms with van der Waals surface area (Å²) in [6, 6.07) is 4.14. The lowest BCUT2D eigenvalue weighted by Crippen LogP contribution is -2.27. The number of halogens is 4. The van der Waals surface area contributed by atoms with Crippen LogP contribution in [0.25, 0.3) is 0 Å². The number of rotatable bonds is 10. The van der Waals surface area contributed by atoms with Crippen LogP contribution in [0, 0.1) is 0 Å². The van der Waals surface area contributed by atoms with Crippen molar-refractivity contribution in [2.45, 2.75) is 33.7 Å². The van der Waals surface area contributed by atoms with Crippen molar-refractivity contribution in [2.75, 3.05) is 32.8 Å². The average molecular weight is 495 g/mol. The first kappa shape index (κ1) is 25.7. The normalized spacial score (nSPS) is 10.2. The Balaban J connectivity index is 0. The highest BCUT2D eigenvalue weighted by atomic mass is 79.9. The Morgan fingerprint density at radius 2 is 1.74 bits per heavy atom. The molecule has 0 amide bonds. The van der Waals surface area contributed by atoms with Gasteiger partial charge in [-0.1, -0.05) is 29.8 Å². The van der Waals surface area contributed by atoms with Gasteiger partial charge in [0.05, 0.1) is 11.1 Å². The molecule has 0 fully saturated rings. The van der Waals surface area contributed by atoms with E-state index in [0.29, 0.717) is 6.61 Å². The molecule has 0 saturated carbocycles. The summed E-state index contributed by atoms with van der Waals surface area (Å²) in [6.45, 7) is 12.4. The fourth-order valence-electron chi connectivity index (χ4n) is 2.24. The minimum Gasteiger partial charge on any atom is -0.492 e. The largest absolute Gasteiger partial charge is 0.492 e. The van der Waals surface area contributed by atoms with Crippen molar-refractivity contribution in [1.29, 1.82) is 0 Å². The van der Waals surface area contributed by atoms with E-state index in [-0.39, 0.29) is 24.8 Å². The minimum absolute atomic E-state index is 0. The van der Waals surface area contributed by atoms with Crippen molar-refractivity contribution in [3.05, 3.63) is 26.6 Å². The summed E-state index contributed by atoms with van der Waals surface area (Å²) in [5.41, 5.74) is 1.18. The number of hydrogen-bond acceptors (Lipinski definition) is 3. The van der Waals surface area contributed by atoms with Crippen molar-refractivity contribution >= 4 is 56.7 Å². The molecular weight excluding hydrogens is 467 g/mol. The van der Waals surface area contributed by atoms with Crippen molar-refractivity contribution in [1.82, 2.24) is 10.2 Å². The Morgan fingerprint density at radius 3 is 2.30 bits per heavy atom. The van der Waals surface area contributed by atoms with Crippen molar-refractivity contribution in [2.24, 2.45) is 0 Å². The van der Waals surface area contributed by atoms with Gasteiger partial charge in [-0.05, 0) is 67.6 Å². The molecule has 136 valence electrons. The second-order valence-electron chi connectivity index (χ2n) is 4.87. The molecule has 23 heavy (non-hydrogen) atoms. The summed E-state index contributed by atoms with van der Waals surface area (Å²) in [5.74, 6) is 0.942. The zero-order chi connectivity index (χ0) is 15.7. The van der Waals surface area contributed by atoms with Gasteiger partial charge in [-0.25, -0.2) is 0 Å². The van der Waals surface area contributed by atoms with Crippen molar-refractivity contribution in [3.63, 3.8) is 0 Å². The van der Waals surface area contributed by atoms with Gasteiger partial charge in [0.25, 0.3) is 0 Å². The van der Waals surface area contributed by atoms with E-state index in [0.717, 1.165) is 47.4 Å².